The first kappa shape index (κ1) is 16.9. The van der Waals surface area contributed by atoms with Crippen molar-refractivity contribution in [3.05, 3.63) is 47.9 Å². The van der Waals surface area contributed by atoms with E-state index in [1.54, 1.807) is 7.11 Å². The van der Waals surface area contributed by atoms with Gasteiger partial charge in [0.2, 0.25) is 5.89 Å². The molecule has 4 nitrogen and oxygen atoms in total. The largest absolute Gasteiger partial charge is 0.496 e. The van der Waals surface area contributed by atoms with E-state index in [0.717, 1.165) is 28.3 Å². The van der Waals surface area contributed by atoms with Gasteiger partial charge >= 0.3 is 0 Å². The smallest absolute Gasteiger partial charge is 0.226 e. The first-order valence-corrected chi connectivity index (χ1v) is 7.47. The SMILES string of the molecule is C#CCN(CC=C)Cc1nc(-c2ccc(OC)c(C)c2)oc1C. The van der Waals surface area contributed by atoms with Gasteiger partial charge in [-0.15, -0.1) is 13.0 Å². The number of hydrogen-bond donors (Lipinski definition) is 0. The molecular formula is C19H22N2O2. The lowest BCUT2D eigenvalue weighted by Gasteiger charge is -2.15. The molecule has 0 atom stereocenters. The topological polar surface area (TPSA) is 38.5 Å². The van der Waals surface area contributed by atoms with E-state index in [2.05, 4.69) is 22.4 Å². The molecule has 0 saturated carbocycles. The van der Waals surface area contributed by atoms with Crippen LogP contribution >= 0.6 is 0 Å². The maximum Gasteiger partial charge on any atom is 0.226 e. The van der Waals surface area contributed by atoms with Gasteiger partial charge in [-0.3, -0.25) is 4.90 Å². The predicted molar refractivity (Wildman–Crippen MR) is 92.3 cm³/mol. The molecule has 0 spiro atoms. The monoisotopic (exact) mass is 310 g/mol. The molecule has 120 valence electrons. The number of nitrogens with zero attached hydrogens (tertiary/aromatic N) is 2. The third kappa shape index (κ3) is 4.02. The fraction of sp³-hybridized carbons (Fsp3) is 0.316. The number of rotatable bonds is 7. The molecule has 0 N–H and O–H groups in total. The first-order valence-electron chi connectivity index (χ1n) is 7.47. The van der Waals surface area contributed by atoms with Crippen LogP contribution in [0.2, 0.25) is 0 Å². The van der Waals surface area contributed by atoms with Gasteiger partial charge in [0.25, 0.3) is 0 Å². The third-order valence-electron chi connectivity index (χ3n) is 3.61. The summed E-state index contributed by atoms with van der Waals surface area (Å²) < 4.78 is 11.1. The molecule has 0 aliphatic rings. The minimum absolute atomic E-state index is 0.551. The van der Waals surface area contributed by atoms with E-state index in [1.165, 1.54) is 0 Å². The van der Waals surface area contributed by atoms with Crippen molar-refractivity contribution >= 4 is 0 Å². The molecule has 0 radical (unpaired) electrons. The summed E-state index contributed by atoms with van der Waals surface area (Å²) in [6, 6.07) is 5.88. The third-order valence-corrected chi connectivity index (χ3v) is 3.61. The summed E-state index contributed by atoms with van der Waals surface area (Å²) in [4.78, 5) is 6.71. The second-order valence-electron chi connectivity index (χ2n) is 5.37. The lowest BCUT2D eigenvalue weighted by atomic mass is 10.1. The lowest BCUT2D eigenvalue weighted by Crippen LogP contribution is -2.24. The van der Waals surface area contributed by atoms with Gasteiger partial charge in [0.15, 0.2) is 0 Å². The summed E-state index contributed by atoms with van der Waals surface area (Å²) in [7, 11) is 1.66. The number of benzene rings is 1. The minimum Gasteiger partial charge on any atom is -0.496 e. The Morgan fingerprint density at radius 1 is 1.43 bits per heavy atom. The predicted octanol–water partition coefficient (Wildman–Crippen LogP) is 3.59. The van der Waals surface area contributed by atoms with Crippen molar-refractivity contribution in [2.24, 2.45) is 0 Å². The molecule has 1 heterocycles. The van der Waals surface area contributed by atoms with E-state index in [4.69, 9.17) is 15.6 Å². The number of oxazole rings is 1. The Morgan fingerprint density at radius 2 is 2.22 bits per heavy atom. The number of hydrogen-bond acceptors (Lipinski definition) is 4. The Labute approximate surface area is 137 Å². The fourth-order valence-corrected chi connectivity index (χ4v) is 2.42. The van der Waals surface area contributed by atoms with Crippen molar-refractivity contribution in [3.8, 4) is 29.5 Å². The van der Waals surface area contributed by atoms with Crippen LogP contribution in [0.5, 0.6) is 5.75 Å². The summed E-state index contributed by atoms with van der Waals surface area (Å²) in [5.74, 6) is 4.93. The van der Waals surface area contributed by atoms with E-state index in [9.17, 15) is 0 Å². The highest BCUT2D eigenvalue weighted by molar-refractivity contribution is 5.57. The van der Waals surface area contributed by atoms with Crippen LogP contribution in [0.3, 0.4) is 0 Å². The van der Waals surface area contributed by atoms with Crippen LogP contribution in [0.25, 0.3) is 11.5 Å². The van der Waals surface area contributed by atoms with Crippen molar-refractivity contribution in [1.82, 2.24) is 9.88 Å². The average molecular weight is 310 g/mol. The van der Waals surface area contributed by atoms with Gasteiger partial charge in [-0.05, 0) is 37.6 Å². The Kier molecular flexibility index (Phi) is 5.61. The molecule has 0 fully saturated rings. The van der Waals surface area contributed by atoms with Crippen LogP contribution in [0.4, 0.5) is 0 Å². The molecule has 2 aromatic rings. The van der Waals surface area contributed by atoms with Gasteiger partial charge in [-0.25, -0.2) is 4.98 Å². The molecule has 23 heavy (non-hydrogen) atoms. The zero-order valence-corrected chi connectivity index (χ0v) is 13.9. The number of ether oxygens (including phenoxy) is 1. The Hall–Kier alpha value is -2.51. The normalized spacial score (nSPS) is 10.6. The number of aryl methyl sites for hydroxylation is 2. The van der Waals surface area contributed by atoms with Crippen molar-refractivity contribution < 1.29 is 9.15 Å². The van der Waals surface area contributed by atoms with E-state index in [1.807, 2.05) is 38.1 Å². The molecule has 0 aliphatic heterocycles. The summed E-state index contributed by atoms with van der Waals surface area (Å²) in [5.41, 5.74) is 2.87. The molecule has 4 heteroatoms. The van der Waals surface area contributed by atoms with Crippen LogP contribution in [-0.2, 0) is 6.54 Å². The quantitative estimate of drug-likeness (QED) is 0.579. The van der Waals surface area contributed by atoms with Gasteiger partial charge in [0, 0.05) is 18.7 Å². The summed E-state index contributed by atoms with van der Waals surface area (Å²) in [6.45, 7) is 9.58. The minimum atomic E-state index is 0.551. The van der Waals surface area contributed by atoms with Gasteiger partial charge < -0.3 is 9.15 Å². The van der Waals surface area contributed by atoms with E-state index < -0.39 is 0 Å². The zero-order chi connectivity index (χ0) is 16.8. The molecule has 2 rings (SSSR count). The van der Waals surface area contributed by atoms with Crippen LogP contribution in [0.15, 0.2) is 35.3 Å². The molecular weight excluding hydrogens is 288 g/mol. The molecule has 0 amide bonds. The summed E-state index contributed by atoms with van der Waals surface area (Å²) in [5, 5.41) is 0. The molecule has 1 aromatic carbocycles. The first-order chi connectivity index (χ1) is 11.1. The van der Waals surface area contributed by atoms with E-state index in [0.29, 0.717) is 25.5 Å². The second kappa shape index (κ2) is 7.66. The van der Waals surface area contributed by atoms with Crippen molar-refractivity contribution in [3.63, 3.8) is 0 Å². The Bertz CT molecular complexity index is 725. The highest BCUT2D eigenvalue weighted by atomic mass is 16.5. The molecule has 0 saturated heterocycles. The molecule has 0 bridgehead atoms. The van der Waals surface area contributed by atoms with Crippen LogP contribution in [0, 0.1) is 26.2 Å². The zero-order valence-electron chi connectivity index (χ0n) is 13.9. The maximum atomic E-state index is 5.83. The van der Waals surface area contributed by atoms with Gasteiger partial charge in [0.1, 0.15) is 11.5 Å². The summed E-state index contributed by atoms with van der Waals surface area (Å²) in [6.07, 6.45) is 7.24. The number of terminal acetylenes is 1. The second-order valence-corrected chi connectivity index (χ2v) is 5.37. The van der Waals surface area contributed by atoms with Crippen molar-refractivity contribution in [2.75, 3.05) is 20.2 Å². The number of aromatic nitrogens is 1. The highest BCUT2D eigenvalue weighted by Crippen LogP contribution is 2.27. The Balaban J connectivity index is 2.25. The lowest BCUT2D eigenvalue weighted by molar-refractivity contribution is 0.326. The maximum absolute atomic E-state index is 5.83. The van der Waals surface area contributed by atoms with Crippen molar-refractivity contribution in [1.29, 1.82) is 0 Å². The van der Waals surface area contributed by atoms with Crippen molar-refractivity contribution in [2.45, 2.75) is 20.4 Å². The Morgan fingerprint density at radius 3 is 2.83 bits per heavy atom. The van der Waals surface area contributed by atoms with Gasteiger partial charge in [-0.2, -0.15) is 0 Å². The molecule has 0 unspecified atom stereocenters. The average Bonchev–Trinajstić information content (AvgIpc) is 2.89. The van der Waals surface area contributed by atoms with Crippen LogP contribution < -0.4 is 4.74 Å². The van der Waals surface area contributed by atoms with Crippen LogP contribution in [0.1, 0.15) is 17.0 Å². The fourth-order valence-electron chi connectivity index (χ4n) is 2.42. The van der Waals surface area contributed by atoms with Gasteiger partial charge in [0.05, 0.1) is 19.3 Å². The highest BCUT2D eigenvalue weighted by Gasteiger charge is 2.15. The van der Waals surface area contributed by atoms with Gasteiger partial charge in [-0.1, -0.05) is 12.0 Å². The van der Waals surface area contributed by atoms with E-state index >= 15 is 0 Å². The van der Waals surface area contributed by atoms with Crippen LogP contribution in [-0.4, -0.2) is 30.1 Å². The standard InChI is InChI=1S/C19H22N2O2/c1-6-10-21(11-7-2)13-17-15(4)23-19(20-17)16-8-9-18(22-5)14(3)12-16/h1,7-9,12H,2,10-11,13H2,3-5H3. The summed E-state index contributed by atoms with van der Waals surface area (Å²) >= 11 is 0. The van der Waals surface area contributed by atoms with E-state index in [-0.39, 0.29) is 0 Å². The molecule has 0 aliphatic carbocycles. The molecule has 1 aromatic heterocycles. The number of methoxy groups -OCH3 is 1.